The lowest BCUT2D eigenvalue weighted by molar-refractivity contribution is -0.115. The predicted octanol–water partition coefficient (Wildman–Crippen LogP) is 2.83. The number of carbonyl (C=O) groups is 2. The third kappa shape index (κ3) is 4.63. The smallest absolute Gasteiger partial charge is 0.276 e. The Balaban J connectivity index is 1.74. The maximum atomic E-state index is 12.5. The Morgan fingerprint density at radius 1 is 0.967 bits per heavy atom. The van der Waals surface area contributed by atoms with Crippen molar-refractivity contribution in [1.82, 2.24) is 15.1 Å². The molecular weight excluding hydrogens is 380 g/mol. The number of carbonyl (C=O) groups excluding carboxylic acids is 2. The highest BCUT2D eigenvalue weighted by Crippen LogP contribution is 2.21. The van der Waals surface area contributed by atoms with Crippen LogP contribution in [0.3, 0.4) is 0 Å². The summed E-state index contributed by atoms with van der Waals surface area (Å²) in [6.45, 7) is 7.28. The van der Waals surface area contributed by atoms with Crippen molar-refractivity contribution in [2.45, 2.75) is 27.7 Å². The zero-order valence-electron chi connectivity index (χ0n) is 17.4. The summed E-state index contributed by atoms with van der Waals surface area (Å²) in [5, 5.41) is 9.50. The summed E-state index contributed by atoms with van der Waals surface area (Å²) >= 11 is 0. The number of aryl methyl sites for hydroxylation is 4. The molecule has 7 nitrogen and oxygen atoms in total. The lowest BCUT2D eigenvalue weighted by Gasteiger charge is -2.13. The van der Waals surface area contributed by atoms with E-state index in [1.807, 2.05) is 63.2 Å². The van der Waals surface area contributed by atoms with Gasteiger partial charge in [-0.25, -0.2) is 4.68 Å². The fraction of sp³-hybridized carbons (Fsp3) is 0.217. The molecule has 0 atom stereocenters. The summed E-state index contributed by atoms with van der Waals surface area (Å²) in [5.41, 5.74) is 4.29. The normalized spacial score (nSPS) is 10.5. The van der Waals surface area contributed by atoms with Gasteiger partial charge in [0.15, 0.2) is 5.69 Å². The molecule has 0 saturated carbocycles. The van der Waals surface area contributed by atoms with Crippen molar-refractivity contribution >= 4 is 17.5 Å². The van der Waals surface area contributed by atoms with E-state index in [0.29, 0.717) is 5.69 Å². The first-order valence-corrected chi connectivity index (χ1v) is 9.58. The molecule has 0 bridgehead atoms. The van der Waals surface area contributed by atoms with Crippen molar-refractivity contribution in [3.63, 3.8) is 0 Å². The molecule has 0 aliphatic rings. The molecule has 30 heavy (non-hydrogen) atoms. The SMILES string of the molecule is Cc1cc(C)c(NC(=O)CNC(=O)c2nn(-c3ccccc3)c(C)cc2=O)c(C)c1. The number of benzene rings is 2. The van der Waals surface area contributed by atoms with Gasteiger partial charge in [-0.2, -0.15) is 5.10 Å². The third-order valence-electron chi connectivity index (χ3n) is 4.67. The van der Waals surface area contributed by atoms with E-state index >= 15 is 0 Å². The zero-order chi connectivity index (χ0) is 21.8. The van der Waals surface area contributed by atoms with Crippen LogP contribution < -0.4 is 16.1 Å². The van der Waals surface area contributed by atoms with Crippen LogP contribution in [0.5, 0.6) is 0 Å². The summed E-state index contributed by atoms with van der Waals surface area (Å²) in [6, 6.07) is 14.5. The molecule has 0 fully saturated rings. The van der Waals surface area contributed by atoms with Crippen molar-refractivity contribution < 1.29 is 9.59 Å². The first-order chi connectivity index (χ1) is 14.3. The molecule has 1 heterocycles. The Kier molecular flexibility index (Phi) is 6.11. The van der Waals surface area contributed by atoms with Crippen LogP contribution in [0.1, 0.15) is 32.9 Å². The number of hydrogen-bond acceptors (Lipinski definition) is 4. The van der Waals surface area contributed by atoms with E-state index in [2.05, 4.69) is 15.7 Å². The van der Waals surface area contributed by atoms with Crippen LogP contribution in [-0.2, 0) is 4.79 Å². The number of aromatic nitrogens is 2. The molecule has 2 N–H and O–H groups in total. The maximum absolute atomic E-state index is 12.5. The van der Waals surface area contributed by atoms with E-state index in [9.17, 15) is 14.4 Å². The summed E-state index contributed by atoms with van der Waals surface area (Å²) < 4.78 is 1.52. The zero-order valence-corrected chi connectivity index (χ0v) is 17.4. The molecule has 7 heteroatoms. The van der Waals surface area contributed by atoms with Crippen molar-refractivity contribution in [1.29, 1.82) is 0 Å². The highest BCUT2D eigenvalue weighted by molar-refractivity contribution is 5.99. The van der Waals surface area contributed by atoms with Gasteiger partial charge >= 0.3 is 0 Å². The molecule has 3 rings (SSSR count). The van der Waals surface area contributed by atoms with Gasteiger partial charge in [0, 0.05) is 17.4 Å². The van der Waals surface area contributed by atoms with Gasteiger partial charge in [-0.05, 0) is 51.0 Å². The Morgan fingerprint density at radius 3 is 2.23 bits per heavy atom. The molecule has 0 spiro atoms. The van der Waals surface area contributed by atoms with Crippen molar-refractivity contribution in [2.24, 2.45) is 0 Å². The fourth-order valence-electron chi connectivity index (χ4n) is 3.34. The molecule has 1 aromatic heterocycles. The fourth-order valence-corrected chi connectivity index (χ4v) is 3.34. The molecule has 2 amide bonds. The van der Waals surface area contributed by atoms with Crippen molar-refractivity contribution in [3.05, 3.63) is 86.8 Å². The second-order valence-electron chi connectivity index (χ2n) is 7.25. The first kappa shape index (κ1) is 21.0. The molecule has 3 aromatic rings. The standard InChI is InChI=1S/C23H24N4O3/c1-14-10-15(2)21(16(3)11-14)25-20(29)13-24-23(30)22-19(28)12-17(4)27(26-22)18-8-6-5-7-9-18/h5-12H,13H2,1-4H3,(H,24,30)(H,25,29). The van der Waals surface area contributed by atoms with Crippen LogP contribution in [0.2, 0.25) is 0 Å². The Hall–Kier alpha value is -3.74. The topological polar surface area (TPSA) is 93.1 Å². The number of nitrogens with one attached hydrogen (secondary N) is 2. The first-order valence-electron chi connectivity index (χ1n) is 9.58. The minimum absolute atomic E-state index is 0.264. The monoisotopic (exact) mass is 404 g/mol. The molecular formula is C23H24N4O3. The van der Waals surface area contributed by atoms with Crippen LogP contribution in [-0.4, -0.2) is 28.1 Å². The molecule has 0 aliphatic carbocycles. The minimum Gasteiger partial charge on any atom is -0.341 e. The highest BCUT2D eigenvalue weighted by Gasteiger charge is 2.17. The number of rotatable bonds is 5. The van der Waals surface area contributed by atoms with Crippen LogP contribution in [0, 0.1) is 27.7 Å². The average Bonchev–Trinajstić information content (AvgIpc) is 2.69. The van der Waals surface area contributed by atoms with E-state index in [-0.39, 0.29) is 18.1 Å². The lowest BCUT2D eigenvalue weighted by Crippen LogP contribution is -2.37. The van der Waals surface area contributed by atoms with Crippen LogP contribution in [0.4, 0.5) is 5.69 Å². The van der Waals surface area contributed by atoms with E-state index in [4.69, 9.17) is 0 Å². The number of para-hydroxylation sites is 1. The highest BCUT2D eigenvalue weighted by atomic mass is 16.2. The Labute approximate surface area is 174 Å². The van der Waals surface area contributed by atoms with E-state index in [0.717, 1.165) is 28.1 Å². The van der Waals surface area contributed by atoms with E-state index < -0.39 is 11.3 Å². The van der Waals surface area contributed by atoms with Crippen LogP contribution in [0.25, 0.3) is 5.69 Å². The Morgan fingerprint density at radius 2 is 1.60 bits per heavy atom. The molecule has 0 unspecified atom stereocenters. The van der Waals surface area contributed by atoms with Gasteiger partial charge in [0.1, 0.15) is 0 Å². The van der Waals surface area contributed by atoms with E-state index in [1.165, 1.54) is 10.7 Å². The quantitative estimate of drug-likeness (QED) is 0.684. The number of nitrogens with zero attached hydrogens (tertiary/aromatic N) is 2. The van der Waals surface area contributed by atoms with Gasteiger partial charge < -0.3 is 10.6 Å². The van der Waals surface area contributed by atoms with E-state index in [1.54, 1.807) is 6.92 Å². The third-order valence-corrected chi connectivity index (χ3v) is 4.67. The second-order valence-corrected chi connectivity index (χ2v) is 7.25. The summed E-state index contributed by atoms with van der Waals surface area (Å²) in [7, 11) is 0. The van der Waals surface area contributed by atoms with Crippen LogP contribution >= 0.6 is 0 Å². The second kappa shape index (κ2) is 8.73. The summed E-state index contributed by atoms with van der Waals surface area (Å²) in [5.74, 6) is -1.08. The predicted molar refractivity (Wildman–Crippen MR) is 116 cm³/mol. The number of hydrogen-bond donors (Lipinski definition) is 2. The Bertz CT molecular complexity index is 1140. The molecule has 2 aromatic carbocycles. The summed E-state index contributed by atoms with van der Waals surface area (Å²) in [4.78, 5) is 37.1. The number of anilines is 1. The van der Waals surface area contributed by atoms with Crippen LogP contribution in [0.15, 0.2) is 53.3 Å². The van der Waals surface area contributed by atoms with Crippen molar-refractivity contribution in [2.75, 3.05) is 11.9 Å². The van der Waals surface area contributed by atoms with Gasteiger partial charge in [0.25, 0.3) is 5.91 Å². The molecule has 0 aliphatic heterocycles. The lowest BCUT2D eigenvalue weighted by atomic mass is 10.1. The molecule has 0 radical (unpaired) electrons. The van der Waals surface area contributed by atoms with Gasteiger partial charge in [-0.3, -0.25) is 14.4 Å². The summed E-state index contributed by atoms with van der Waals surface area (Å²) in [6.07, 6.45) is 0. The van der Waals surface area contributed by atoms with Gasteiger partial charge in [0.2, 0.25) is 11.3 Å². The minimum atomic E-state index is -0.697. The molecule has 0 saturated heterocycles. The molecule has 154 valence electrons. The van der Waals surface area contributed by atoms with Gasteiger partial charge in [0.05, 0.1) is 12.2 Å². The van der Waals surface area contributed by atoms with Crippen molar-refractivity contribution in [3.8, 4) is 5.69 Å². The largest absolute Gasteiger partial charge is 0.341 e. The van der Waals surface area contributed by atoms with Gasteiger partial charge in [-0.15, -0.1) is 0 Å². The van der Waals surface area contributed by atoms with Gasteiger partial charge in [-0.1, -0.05) is 35.9 Å². The number of amides is 2. The average molecular weight is 404 g/mol. The maximum Gasteiger partial charge on any atom is 0.276 e.